The van der Waals surface area contributed by atoms with E-state index in [0.717, 1.165) is 0 Å². The maximum atomic E-state index is 12.3. The predicted octanol–water partition coefficient (Wildman–Crippen LogP) is 1.09. The lowest BCUT2D eigenvalue weighted by Crippen LogP contribution is -2.41. The molecule has 0 bridgehead atoms. The standard InChI is InChI=1S/C14H17NO5S/c1-9(2)12(8-16)15-21(18,19)11-4-5-13-10(7-11)3-6-14(17)20-13/h3-7,9,12,15-16H,8H2,1-2H3. The second-order valence-corrected chi connectivity index (χ2v) is 6.82. The Balaban J connectivity index is 2.40. The molecule has 7 heteroatoms. The lowest BCUT2D eigenvalue weighted by atomic mass is 10.1. The van der Waals surface area contributed by atoms with Gasteiger partial charge in [-0.2, -0.15) is 0 Å². The van der Waals surface area contributed by atoms with Gasteiger partial charge in [0.1, 0.15) is 5.58 Å². The predicted molar refractivity (Wildman–Crippen MR) is 78.5 cm³/mol. The first-order valence-corrected chi connectivity index (χ1v) is 7.99. The van der Waals surface area contributed by atoms with Crippen LogP contribution in [-0.4, -0.2) is 26.2 Å². The number of hydrogen-bond acceptors (Lipinski definition) is 5. The third kappa shape index (κ3) is 3.49. The van der Waals surface area contributed by atoms with E-state index in [2.05, 4.69) is 4.72 Å². The molecule has 1 heterocycles. The fraction of sp³-hybridized carbons (Fsp3) is 0.357. The van der Waals surface area contributed by atoms with Gasteiger partial charge in [0.15, 0.2) is 0 Å². The number of rotatable bonds is 5. The molecule has 0 aliphatic heterocycles. The molecule has 0 saturated heterocycles. The smallest absolute Gasteiger partial charge is 0.336 e. The highest BCUT2D eigenvalue weighted by Gasteiger charge is 2.22. The molecule has 114 valence electrons. The number of fused-ring (bicyclic) bond motifs is 1. The van der Waals surface area contributed by atoms with Crippen LogP contribution >= 0.6 is 0 Å². The zero-order valence-electron chi connectivity index (χ0n) is 11.7. The summed E-state index contributed by atoms with van der Waals surface area (Å²) in [6, 6.07) is 6.41. The summed E-state index contributed by atoms with van der Waals surface area (Å²) in [5.41, 5.74) is -0.166. The average Bonchev–Trinajstić information content (AvgIpc) is 2.43. The summed E-state index contributed by atoms with van der Waals surface area (Å²) in [5.74, 6) is -0.0387. The molecule has 0 spiro atoms. The Morgan fingerprint density at radius 3 is 2.57 bits per heavy atom. The summed E-state index contributed by atoms with van der Waals surface area (Å²) in [4.78, 5) is 11.2. The topological polar surface area (TPSA) is 96.6 Å². The molecule has 6 nitrogen and oxygen atoms in total. The monoisotopic (exact) mass is 311 g/mol. The minimum absolute atomic E-state index is 0.0387. The summed E-state index contributed by atoms with van der Waals surface area (Å²) in [6.07, 6.45) is 0. The SMILES string of the molecule is CC(C)C(CO)NS(=O)(=O)c1ccc2oc(=O)ccc2c1. The molecule has 0 aliphatic carbocycles. The highest BCUT2D eigenvalue weighted by Crippen LogP contribution is 2.18. The van der Waals surface area contributed by atoms with Gasteiger partial charge in [0, 0.05) is 17.5 Å². The van der Waals surface area contributed by atoms with E-state index < -0.39 is 21.7 Å². The van der Waals surface area contributed by atoms with Gasteiger partial charge in [-0.1, -0.05) is 13.8 Å². The largest absolute Gasteiger partial charge is 0.423 e. The van der Waals surface area contributed by atoms with E-state index in [-0.39, 0.29) is 17.4 Å². The van der Waals surface area contributed by atoms with Crippen molar-refractivity contribution in [2.24, 2.45) is 5.92 Å². The Labute approximate surface area is 122 Å². The van der Waals surface area contributed by atoms with Crippen molar-refractivity contribution < 1.29 is 17.9 Å². The number of nitrogens with one attached hydrogen (secondary N) is 1. The second-order valence-electron chi connectivity index (χ2n) is 5.11. The minimum atomic E-state index is -3.75. The van der Waals surface area contributed by atoms with Gasteiger partial charge < -0.3 is 9.52 Å². The Hall–Kier alpha value is -1.70. The number of hydrogen-bond donors (Lipinski definition) is 2. The van der Waals surface area contributed by atoms with Crippen LogP contribution in [0.1, 0.15) is 13.8 Å². The molecule has 21 heavy (non-hydrogen) atoms. The summed E-state index contributed by atoms with van der Waals surface area (Å²) >= 11 is 0. The zero-order chi connectivity index (χ0) is 15.6. The summed E-state index contributed by atoms with van der Waals surface area (Å²) in [5, 5.41) is 9.75. The highest BCUT2D eigenvalue weighted by molar-refractivity contribution is 7.89. The molecule has 0 radical (unpaired) electrons. The highest BCUT2D eigenvalue weighted by atomic mass is 32.2. The maximum Gasteiger partial charge on any atom is 0.336 e. The lowest BCUT2D eigenvalue weighted by molar-refractivity contribution is 0.227. The third-order valence-electron chi connectivity index (χ3n) is 3.21. The first-order chi connectivity index (χ1) is 9.83. The molecule has 0 fully saturated rings. The van der Waals surface area contributed by atoms with E-state index in [4.69, 9.17) is 4.42 Å². The normalized spacial score (nSPS) is 13.7. The summed E-state index contributed by atoms with van der Waals surface area (Å²) in [7, 11) is -3.75. The molecule has 0 amide bonds. The fourth-order valence-corrected chi connectivity index (χ4v) is 3.28. The Bertz CT molecular complexity index is 794. The van der Waals surface area contributed by atoms with Crippen LogP contribution in [0.4, 0.5) is 0 Å². The van der Waals surface area contributed by atoms with Crippen molar-refractivity contribution >= 4 is 21.0 Å². The number of aliphatic hydroxyl groups excluding tert-OH is 1. The molecule has 1 aromatic heterocycles. The van der Waals surface area contributed by atoms with Crippen LogP contribution in [0.3, 0.4) is 0 Å². The molecule has 0 saturated carbocycles. The van der Waals surface area contributed by atoms with E-state index in [9.17, 15) is 18.3 Å². The van der Waals surface area contributed by atoms with Gasteiger partial charge in [-0.15, -0.1) is 0 Å². The van der Waals surface area contributed by atoms with Crippen LogP contribution in [0, 0.1) is 5.92 Å². The first kappa shape index (κ1) is 15.7. The van der Waals surface area contributed by atoms with Crippen molar-refractivity contribution in [2.75, 3.05) is 6.61 Å². The van der Waals surface area contributed by atoms with Crippen molar-refractivity contribution in [2.45, 2.75) is 24.8 Å². The van der Waals surface area contributed by atoms with Gasteiger partial charge >= 0.3 is 5.63 Å². The van der Waals surface area contributed by atoms with Crippen LogP contribution in [0.5, 0.6) is 0 Å². The van der Waals surface area contributed by atoms with Crippen LogP contribution in [0.2, 0.25) is 0 Å². The summed E-state index contributed by atoms with van der Waals surface area (Å²) < 4.78 is 32.0. The van der Waals surface area contributed by atoms with E-state index in [0.29, 0.717) is 11.0 Å². The van der Waals surface area contributed by atoms with Crippen molar-refractivity contribution in [3.05, 3.63) is 40.8 Å². The molecule has 2 aromatic rings. The van der Waals surface area contributed by atoms with Crippen LogP contribution < -0.4 is 10.3 Å². The average molecular weight is 311 g/mol. The quantitative estimate of drug-likeness (QED) is 0.806. The van der Waals surface area contributed by atoms with E-state index in [1.165, 1.54) is 30.3 Å². The number of benzene rings is 1. The van der Waals surface area contributed by atoms with Gasteiger partial charge in [-0.05, 0) is 30.2 Å². The molecular weight excluding hydrogens is 294 g/mol. The molecule has 2 rings (SSSR count). The Kier molecular flexibility index (Phi) is 4.46. The van der Waals surface area contributed by atoms with E-state index in [1.807, 2.05) is 13.8 Å². The summed E-state index contributed by atoms with van der Waals surface area (Å²) in [6.45, 7) is 3.36. The van der Waals surface area contributed by atoms with Crippen molar-refractivity contribution in [3.8, 4) is 0 Å². The van der Waals surface area contributed by atoms with Gasteiger partial charge in [-0.25, -0.2) is 17.9 Å². The van der Waals surface area contributed by atoms with Gasteiger partial charge in [-0.3, -0.25) is 0 Å². The van der Waals surface area contributed by atoms with E-state index in [1.54, 1.807) is 0 Å². The van der Waals surface area contributed by atoms with Crippen molar-refractivity contribution in [3.63, 3.8) is 0 Å². The van der Waals surface area contributed by atoms with Gasteiger partial charge in [0.25, 0.3) is 0 Å². The van der Waals surface area contributed by atoms with Gasteiger partial charge in [0.05, 0.1) is 11.5 Å². The van der Waals surface area contributed by atoms with Crippen LogP contribution in [0.15, 0.2) is 44.4 Å². The number of aliphatic hydroxyl groups is 1. The minimum Gasteiger partial charge on any atom is -0.423 e. The third-order valence-corrected chi connectivity index (χ3v) is 4.70. The van der Waals surface area contributed by atoms with Gasteiger partial charge in [0.2, 0.25) is 10.0 Å². The lowest BCUT2D eigenvalue weighted by Gasteiger charge is -2.19. The zero-order valence-corrected chi connectivity index (χ0v) is 12.6. The molecular formula is C14H17NO5S. The van der Waals surface area contributed by atoms with Crippen molar-refractivity contribution in [1.82, 2.24) is 4.72 Å². The number of sulfonamides is 1. The maximum absolute atomic E-state index is 12.3. The van der Waals surface area contributed by atoms with Crippen LogP contribution in [-0.2, 0) is 10.0 Å². The molecule has 2 N–H and O–H groups in total. The molecule has 1 atom stereocenters. The van der Waals surface area contributed by atoms with Crippen molar-refractivity contribution in [1.29, 1.82) is 0 Å². The molecule has 1 unspecified atom stereocenters. The van der Waals surface area contributed by atoms with E-state index >= 15 is 0 Å². The Morgan fingerprint density at radius 2 is 1.95 bits per heavy atom. The molecule has 1 aromatic carbocycles. The Morgan fingerprint density at radius 1 is 1.24 bits per heavy atom. The fourth-order valence-electron chi connectivity index (χ4n) is 1.87. The second kappa shape index (κ2) is 5.97. The first-order valence-electron chi connectivity index (χ1n) is 6.50. The van der Waals surface area contributed by atoms with Crippen LogP contribution in [0.25, 0.3) is 11.0 Å². The molecule has 0 aliphatic rings.